The van der Waals surface area contributed by atoms with E-state index in [-0.39, 0.29) is 25.3 Å². The van der Waals surface area contributed by atoms with Crippen molar-refractivity contribution in [3.8, 4) is 0 Å². The molecule has 0 spiro atoms. The van der Waals surface area contributed by atoms with Gasteiger partial charge in [0.25, 0.3) is 0 Å². The number of anilines is 1. The van der Waals surface area contributed by atoms with Crippen LogP contribution in [0.5, 0.6) is 0 Å². The molecule has 3 amide bonds. The number of hydrogen-bond acceptors (Lipinski definition) is 5. The van der Waals surface area contributed by atoms with Crippen LogP contribution in [0.2, 0.25) is 0 Å². The molecule has 0 bridgehead atoms. The third-order valence-corrected chi connectivity index (χ3v) is 7.40. The predicted octanol–water partition coefficient (Wildman–Crippen LogP) is 2.03. The molecule has 2 aliphatic rings. The summed E-state index contributed by atoms with van der Waals surface area (Å²) < 4.78 is 1.10. The van der Waals surface area contributed by atoms with Gasteiger partial charge in [-0.3, -0.25) is 19.3 Å². The van der Waals surface area contributed by atoms with Gasteiger partial charge in [0.05, 0.1) is 18.7 Å². The minimum atomic E-state index is -1.07. The number of carboxylic acids is 1. The molecule has 8 nitrogen and oxygen atoms in total. The Morgan fingerprint density at radius 1 is 1.06 bits per heavy atom. The number of nitrogens with zero attached hydrogens (tertiary/aromatic N) is 1. The van der Waals surface area contributed by atoms with Crippen molar-refractivity contribution in [1.29, 1.82) is 0 Å². The lowest BCUT2D eigenvalue weighted by atomic mass is 10.0. The number of carbonyl (C=O) groups is 4. The average Bonchev–Trinajstić information content (AvgIpc) is 3.38. The summed E-state index contributed by atoms with van der Waals surface area (Å²) in [5.41, 5.74) is 3.30. The van der Waals surface area contributed by atoms with Gasteiger partial charge in [-0.1, -0.05) is 36.4 Å². The van der Waals surface area contributed by atoms with Crippen LogP contribution in [0.25, 0.3) is 10.1 Å². The Morgan fingerprint density at radius 2 is 1.85 bits per heavy atom. The molecule has 3 heterocycles. The van der Waals surface area contributed by atoms with E-state index < -0.39 is 29.9 Å². The Bertz CT molecular complexity index is 1320. The van der Waals surface area contributed by atoms with Crippen molar-refractivity contribution in [2.75, 3.05) is 11.4 Å². The molecule has 5 rings (SSSR count). The van der Waals surface area contributed by atoms with Crippen LogP contribution >= 0.6 is 11.3 Å². The number of benzene rings is 2. The SMILES string of the molecule is O=C(Cc1csc2ccccc12)NCC(=O)N[C@H]1CCc2cccc3c2N(C1=O)[C@H](C(=O)O)C3. The Hall–Kier alpha value is -3.72. The second-order valence-corrected chi connectivity index (χ2v) is 9.47. The zero-order valence-corrected chi connectivity index (χ0v) is 19.1. The fraction of sp³-hybridized carbons (Fsp3) is 0.280. The van der Waals surface area contributed by atoms with Crippen molar-refractivity contribution in [3.05, 3.63) is 64.5 Å². The second kappa shape index (κ2) is 8.90. The smallest absolute Gasteiger partial charge is 0.327 e. The van der Waals surface area contributed by atoms with Crippen molar-refractivity contribution in [2.45, 2.75) is 37.8 Å². The van der Waals surface area contributed by atoms with Gasteiger partial charge < -0.3 is 15.7 Å². The molecule has 9 heteroatoms. The molecule has 3 aromatic rings. The summed E-state index contributed by atoms with van der Waals surface area (Å²) in [4.78, 5) is 51.4. The Kier molecular flexibility index (Phi) is 5.79. The highest BCUT2D eigenvalue weighted by atomic mass is 32.1. The highest BCUT2D eigenvalue weighted by molar-refractivity contribution is 7.17. The topological polar surface area (TPSA) is 116 Å². The monoisotopic (exact) mass is 477 g/mol. The third-order valence-electron chi connectivity index (χ3n) is 6.39. The van der Waals surface area contributed by atoms with Crippen LogP contribution in [-0.2, 0) is 38.4 Å². The zero-order chi connectivity index (χ0) is 23.8. The molecule has 0 saturated carbocycles. The highest BCUT2D eigenvalue weighted by Gasteiger charge is 2.43. The van der Waals surface area contributed by atoms with Crippen molar-refractivity contribution in [3.63, 3.8) is 0 Å². The second-order valence-electron chi connectivity index (χ2n) is 8.56. The van der Waals surface area contributed by atoms with E-state index >= 15 is 0 Å². The van der Waals surface area contributed by atoms with E-state index in [1.807, 2.05) is 47.8 Å². The standard InChI is InChI=1S/C25H23N3O5S/c29-21(11-16-13-34-20-7-2-1-6-17(16)20)26-12-22(30)27-18-9-8-14-4-3-5-15-10-19(25(32)33)28(23(14)15)24(18)31/h1-7,13,18-19H,8-12H2,(H,26,29)(H,27,30)(H,32,33)/t18-,19-/m0/s1. The van der Waals surface area contributed by atoms with Crippen LogP contribution in [0.15, 0.2) is 47.8 Å². The first-order valence-corrected chi connectivity index (χ1v) is 12.0. The summed E-state index contributed by atoms with van der Waals surface area (Å²) in [5.74, 6) is -2.27. The Balaban J connectivity index is 1.22. The normalized spacial score (nSPS) is 18.9. The van der Waals surface area contributed by atoms with Crippen molar-refractivity contribution in [1.82, 2.24) is 10.6 Å². The number of para-hydroxylation sites is 1. The molecule has 0 fully saturated rings. The summed E-state index contributed by atoms with van der Waals surface area (Å²) in [6.45, 7) is -0.259. The van der Waals surface area contributed by atoms with Crippen LogP contribution in [0.1, 0.15) is 23.1 Å². The lowest BCUT2D eigenvalue weighted by Gasteiger charge is -2.26. The maximum absolute atomic E-state index is 13.3. The minimum Gasteiger partial charge on any atom is -0.480 e. The van der Waals surface area contributed by atoms with Crippen molar-refractivity contribution in [2.24, 2.45) is 0 Å². The molecule has 2 atom stereocenters. The highest BCUT2D eigenvalue weighted by Crippen LogP contribution is 2.39. The van der Waals surface area contributed by atoms with Gasteiger partial charge in [-0.05, 0) is 46.4 Å². The first kappa shape index (κ1) is 22.1. The van der Waals surface area contributed by atoms with Gasteiger partial charge in [0.1, 0.15) is 12.1 Å². The van der Waals surface area contributed by atoms with Crippen molar-refractivity contribution < 1.29 is 24.3 Å². The van der Waals surface area contributed by atoms with E-state index in [1.165, 1.54) is 4.90 Å². The van der Waals surface area contributed by atoms with E-state index in [4.69, 9.17) is 0 Å². The zero-order valence-electron chi connectivity index (χ0n) is 18.2. The van der Waals surface area contributed by atoms with Gasteiger partial charge in [-0.25, -0.2) is 4.79 Å². The van der Waals surface area contributed by atoms with Gasteiger partial charge in [-0.15, -0.1) is 11.3 Å². The number of rotatable bonds is 6. The fourth-order valence-corrected chi connectivity index (χ4v) is 5.75. The number of carbonyl (C=O) groups excluding carboxylic acids is 3. The summed E-state index contributed by atoms with van der Waals surface area (Å²) in [6.07, 6.45) is 1.31. The van der Waals surface area contributed by atoms with Crippen LogP contribution in [0.4, 0.5) is 5.69 Å². The molecule has 2 aliphatic heterocycles. The third kappa shape index (κ3) is 4.03. The number of carboxylic acid groups (broad SMARTS) is 1. The summed E-state index contributed by atoms with van der Waals surface area (Å²) in [5, 5.41) is 17.9. The average molecular weight is 478 g/mol. The number of thiophene rings is 1. The Labute approximate surface area is 199 Å². The summed E-state index contributed by atoms with van der Waals surface area (Å²) in [7, 11) is 0. The predicted molar refractivity (Wildman–Crippen MR) is 128 cm³/mol. The van der Waals surface area contributed by atoms with E-state index in [9.17, 15) is 24.3 Å². The number of aliphatic carboxylic acids is 1. The first-order valence-electron chi connectivity index (χ1n) is 11.1. The number of aryl methyl sites for hydroxylation is 1. The van der Waals surface area contributed by atoms with Crippen molar-refractivity contribution >= 4 is 50.8 Å². The molecule has 0 unspecified atom stereocenters. The fourth-order valence-electron chi connectivity index (χ4n) is 4.79. The van der Waals surface area contributed by atoms with E-state index in [0.717, 1.165) is 26.8 Å². The first-order chi connectivity index (χ1) is 16.4. The van der Waals surface area contributed by atoms with Gasteiger partial charge in [0.2, 0.25) is 17.7 Å². The van der Waals surface area contributed by atoms with Gasteiger partial charge >= 0.3 is 5.97 Å². The molecule has 174 valence electrons. The largest absolute Gasteiger partial charge is 0.480 e. The van der Waals surface area contributed by atoms with E-state index in [0.29, 0.717) is 18.5 Å². The minimum absolute atomic E-state index is 0.159. The molecule has 0 saturated heterocycles. The Morgan fingerprint density at radius 3 is 2.68 bits per heavy atom. The van der Waals surface area contributed by atoms with Gasteiger partial charge in [0.15, 0.2) is 0 Å². The molecular weight excluding hydrogens is 454 g/mol. The molecule has 0 aliphatic carbocycles. The van der Waals surface area contributed by atoms with Crippen LogP contribution in [0.3, 0.4) is 0 Å². The van der Waals surface area contributed by atoms with E-state index in [1.54, 1.807) is 11.3 Å². The summed E-state index contributed by atoms with van der Waals surface area (Å²) >= 11 is 1.57. The lowest BCUT2D eigenvalue weighted by Crippen LogP contribution is -2.53. The maximum atomic E-state index is 13.3. The van der Waals surface area contributed by atoms with Crippen LogP contribution in [-0.4, -0.2) is 47.4 Å². The number of fused-ring (bicyclic) bond motifs is 1. The van der Waals surface area contributed by atoms with Gasteiger partial charge in [-0.2, -0.15) is 0 Å². The van der Waals surface area contributed by atoms with Gasteiger partial charge in [0, 0.05) is 11.1 Å². The van der Waals surface area contributed by atoms with Crippen LogP contribution in [0, 0.1) is 0 Å². The van der Waals surface area contributed by atoms with Crippen LogP contribution < -0.4 is 15.5 Å². The van der Waals surface area contributed by atoms with E-state index in [2.05, 4.69) is 10.6 Å². The number of hydrogen-bond donors (Lipinski definition) is 3. The molecule has 0 radical (unpaired) electrons. The lowest BCUT2D eigenvalue weighted by molar-refractivity contribution is -0.140. The molecule has 1 aromatic heterocycles. The molecule has 3 N–H and O–H groups in total. The molecular formula is C25H23N3O5S. The number of nitrogens with one attached hydrogen (secondary N) is 2. The molecule has 34 heavy (non-hydrogen) atoms. The maximum Gasteiger partial charge on any atom is 0.327 e. The quantitative estimate of drug-likeness (QED) is 0.503. The summed E-state index contributed by atoms with van der Waals surface area (Å²) in [6, 6.07) is 11.6. The molecule has 2 aromatic carbocycles. The number of amides is 3.